The predicted octanol–water partition coefficient (Wildman–Crippen LogP) is 3.54. The second-order valence-corrected chi connectivity index (χ2v) is 8.26. The summed E-state index contributed by atoms with van der Waals surface area (Å²) in [6.45, 7) is 6.69. The van der Waals surface area contributed by atoms with Crippen LogP contribution in [0.25, 0.3) is 0 Å². The number of carbonyl (C=O) groups excluding carboxylic acids is 3. The van der Waals surface area contributed by atoms with Crippen molar-refractivity contribution in [2.24, 2.45) is 5.92 Å². The van der Waals surface area contributed by atoms with Gasteiger partial charge in [0, 0.05) is 25.2 Å². The smallest absolute Gasteiger partial charge is 0.339 e. The molecule has 31 heavy (non-hydrogen) atoms. The van der Waals surface area contributed by atoms with Crippen LogP contribution in [0.3, 0.4) is 0 Å². The number of aromatic amines is 1. The maximum absolute atomic E-state index is 13.0. The molecule has 2 amide bonds. The quantitative estimate of drug-likeness (QED) is 0.693. The van der Waals surface area contributed by atoms with E-state index in [-0.39, 0.29) is 23.8 Å². The van der Waals surface area contributed by atoms with Crippen LogP contribution in [0.5, 0.6) is 0 Å². The number of hydrogen-bond acceptors (Lipinski definition) is 4. The summed E-state index contributed by atoms with van der Waals surface area (Å²) < 4.78 is 4.82. The van der Waals surface area contributed by atoms with Crippen molar-refractivity contribution in [3.8, 4) is 0 Å². The summed E-state index contributed by atoms with van der Waals surface area (Å²) in [4.78, 5) is 42.3. The van der Waals surface area contributed by atoms with Gasteiger partial charge in [-0.2, -0.15) is 0 Å². The van der Waals surface area contributed by atoms with Crippen LogP contribution in [0.2, 0.25) is 0 Å². The Hall–Kier alpha value is -3.09. The predicted molar refractivity (Wildman–Crippen MR) is 118 cm³/mol. The fraction of sp³-hybridized carbons (Fsp3) is 0.458. The topological polar surface area (TPSA) is 91.5 Å². The van der Waals surface area contributed by atoms with E-state index >= 15 is 0 Å². The molecule has 2 heterocycles. The van der Waals surface area contributed by atoms with Gasteiger partial charge in [0.05, 0.1) is 18.7 Å². The number of amides is 2. The zero-order chi connectivity index (χ0) is 22.5. The number of nitrogens with one attached hydrogen (secondary N) is 2. The van der Waals surface area contributed by atoms with Crippen molar-refractivity contribution in [2.75, 3.05) is 20.2 Å². The molecule has 2 aromatic rings. The second-order valence-electron chi connectivity index (χ2n) is 8.26. The number of likely N-dealkylation sites (tertiary alicyclic amines) is 1. The van der Waals surface area contributed by atoms with E-state index in [9.17, 15) is 14.4 Å². The first-order valence-corrected chi connectivity index (χ1v) is 10.7. The highest BCUT2D eigenvalue weighted by Gasteiger charge is 2.29. The lowest BCUT2D eigenvalue weighted by molar-refractivity contribution is -0.122. The molecule has 0 bridgehead atoms. The number of H-pyrrole nitrogens is 1. The third kappa shape index (κ3) is 5.16. The Morgan fingerprint density at radius 1 is 1.16 bits per heavy atom. The summed E-state index contributed by atoms with van der Waals surface area (Å²) in [6, 6.07) is 9.87. The van der Waals surface area contributed by atoms with Crippen LogP contribution >= 0.6 is 0 Å². The molecule has 166 valence electrons. The molecule has 0 aliphatic carbocycles. The number of ether oxygens (including phenoxy) is 1. The first kappa shape index (κ1) is 22.6. The summed E-state index contributed by atoms with van der Waals surface area (Å²) in [5.41, 5.74) is 3.19. The van der Waals surface area contributed by atoms with Crippen molar-refractivity contribution >= 4 is 17.8 Å². The van der Waals surface area contributed by atoms with Gasteiger partial charge in [0.25, 0.3) is 5.91 Å². The maximum Gasteiger partial charge on any atom is 0.339 e. The van der Waals surface area contributed by atoms with Crippen LogP contribution in [0.15, 0.2) is 30.3 Å². The Morgan fingerprint density at radius 3 is 2.42 bits per heavy atom. The molecule has 1 unspecified atom stereocenters. The Bertz CT molecular complexity index is 943. The number of aryl methyl sites for hydroxylation is 1. The molecular formula is C24H31N3O4. The average molecular weight is 426 g/mol. The van der Waals surface area contributed by atoms with Crippen LogP contribution in [0, 0.1) is 19.8 Å². The summed E-state index contributed by atoms with van der Waals surface area (Å²) in [6.07, 6.45) is 2.02. The van der Waals surface area contributed by atoms with E-state index < -0.39 is 5.97 Å². The lowest BCUT2D eigenvalue weighted by atomic mass is 9.92. The van der Waals surface area contributed by atoms with Gasteiger partial charge in [-0.15, -0.1) is 0 Å². The third-order valence-corrected chi connectivity index (χ3v) is 6.09. The van der Waals surface area contributed by atoms with E-state index in [1.165, 1.54) is 7.11 Å². The standard InChI is InChI=1S/C24H31N3O4/c1-15-21(24(30)31-4)17(3)26-22(15)23(29)27-12-10-18(11-13-27)14-20(28)25-16(2)19-8-6-5-7-9-19/h5-9,16,18,26H,10-14H2,1-4H3,(H,25,28). The lowest BCUT2D eigenvalue weighted by Gasteiger charge is -2.32. The van der Waals surface area contributed by atoms with E-state index in [1.54, 1.807) is 18.7 Å². The van der Waals surface area contributed by atoms with Crippen LogP contribution in [-0.2, 0) is 9.53 Å². The summed E-state index contributed by atoms with van der Waals surface area (Å²) >= 11 is 0. The number of esters is 1. The molecule has 0 radical (unpaired) electrons. The molecule has 7 heteroatoms. The maximum atomic E-state index is 13.0. The van der Waals surface area contributed by atoms with E-state index in [2.05, 4.69) is 10.3 Å². The van der Waals surface area contributed by atoms with E-state index in [0.29, 0.717) is 42.0 Å². The van der Waals surface area contributed by atoms with Gasteiger partial charge in [0.15, 0.2) is 0 Å². The van der Waals surface area contributed by atoms with Crippen LogP contribution < -0.4 is 5.32 Å². The summed E-state index contributed by atoms with van der Waals surface area (Å²) in [5.74, 6) is -0.264. The monoisotopic (exact) mass is 425 g/mol. The minimum absolute atomic E-state index is 0.0292. The Morgan fingerprint density at radius 2 is 1.81 bits per heavy atom. The van der Waals surface area contributed by atoms with Crippen molar-refractivity contribution in [3.63, 3.8) is 0 Å². The fourth-order valence-corrected chi connectivity index (χ4v) is 4.26. The SMILES string of the molecule is COC(=O)c1c(C)[nH]c(C(=O)N2CCC(CC(=O)NC(C)c3ccccc3)CC2)c1C. The molecule has 1 atom stereocenters. The minimum atomic E-state index is -0.445. The van der Waals surface area contributed by atoms with Crippen molar-refractivity contribution in [1.82, 2.24) is 15.2 Å². The van der Waals surface area contributed by atoms with Gasteiger partial charge in [0.2, 0.25) is 5.91 Å². The fourth-order valence-electron chi connectivity index (χ4n) is 4.26. The zero-order valence-corrected chi connectivity index (χ0v) is 18.7. The lowest BCUT2D eigenvalue weighted by Crippen LogP contribution is -2.40. The first-order chi connectivity index (χ1) is 14.8. The van der Waals surface area contributed by atoms with Gasteiger partial charge >= 0.3 is 5.97 Å². The number of rotatable bonds is 6. The molecule has 0 spiro atoms. The van der Waals surface area contributed by atoms with Crippen LogP contribution in [-0.4, -0.2) is 47.9 Å². The molecule has 1 fully saturated rings. The molecule has 7 nitrogen and oxygen atoms in total. The van der Waals surface area contributed by atoms with Gasteiger partial charge in [0.1, 0.15) is 5.69 Å². The third-order valence-electron chi connectivity index (χ3n) is 6.09. The van der Waals surface area contributed by atoms with Gasteiger partial charge in [-0.25, -0.2) is 4.79 Å². The highest BCUT2D eigenvalue weighted by Crippen LogP contribution is 2.25. The van der Waals surface area contributed by atoms with Gasteiger partial charge in [-0.3, -0.25) is 9.59 Å². The first-order valence-electron chi connectivity index (χ1n) is 10.7. The number of piperidine rings is 1. The number of nitrogens with zero attached hydrogens (tertiary/aromatic N) is 1. The van der Waals surface area contributed by atoms with E-state index in [1.807, 2.05) is 37.3 Å². The second kappa shape index (κ2) is 9.81. The molecule has 1 aliphatic heterocycles. The Labute approximate surface area is 183 Å². The van der Waals surface area contributed by atoms with Crippen LogP contribution in [0.1, 0.15) is 69.9 Å². The number of carbonyl (C=O) groups is 3. The van der Waals surface area contributed by atoms with Crippen molar-refractivity contribution in [3.05, 3.63) is 58.4 Å². The molecule has 1 aromatic carbocycles. The molecular weight excluding hydrogens is 394 g/mol. The molecule has 1 saturated heterocycles. The van der Waals surface area contributed by atoms with Gasteiger partial charge in [-0.05, 0) is 50.7 Å². The number of hydrogen-bond donors (Lipinski definition) is 2. The van der Waals surface area contributed by atoms with Crippen molar-refractivity contribution in [1.29, 1.82) is 0 Å². The summed E-state index contributed by atoms with van der Waals surface area (Å²) in [7, 11) is 1.33. The Balaban J connectivity index is 1.53. The Kier molecular flexibility index (Phi) is 7.15. The highest BCUT2D eigenvalue weighted by atomic mass is 16.5. The minimum Gasteiger partial charge on any atom is -0.465 e. The van der Waals surface area contributed by atoms with Crippen LogP contribution in [0.4, 0.5) is 0 Å². The molecule has 0 saturated carbocycles. The average Bonchev–Trinajstić information content (AvgIpc) is 3.07. The number of benzene rings is 1. The van der Waals surface area contributed by atoms with Crippen molar-refractivity contribution in [2.45, 2.75) is 46.1 Å². The largest absolute Gasteiger partial charge is 0.465 e. The molecule has 1 aliphatic rings. The number of methoxy groups -OCH3 is 1. The summed E-state index contributed by atoms with van der Waals surface area (Å²) in [5, 5.41) is 3.07. The normalized spacial score (nSPS) is 15.4. The zero-order valence-electron chi connectivity index (χ0n) is 18.7. The molecule has 2 N–H and O–H groups in total. The molecule has 3 rings (SSSR count). The van der Waals surface area contributed by atoms with Crippen molar-refractivity contribution < 1.29 is 19.1 Å². The van der Waals surface area contributed by atoms with Gasteiger partial charge < -0.3 is 19.9 Å². The van der Waals surface area contributed by atoms with E-state index in [0.717, 1.165) is 18.4 Å². The molecule has 1 aromatic heterocycles. The number of aromatic nitrogens is 1. The van der Waals surface area contributed by atoms with E-state index in [4.69, 9.17) is 4.74 Å². The highest BCUT2D eigenvalue weighted by molar-refractivity contribution is 6.00. The van der Waals surface area contributed by atoms with Gasteiger partial charge in [-0.1, -0.05) is 30.3 Å².